The number of carbonyl (C=O) groups excluding carboxylic acids is 2. The first-order valence-electron chi connectivity index (χ1n) is 13.8. The van der Waals surface area contributed by atoms with Crippen LogP contribution in [0.15, 0.2) is 72.8 Å². The van der Waals surface area contributed by atoms with Crippen LogP contribution in [0.4, 0.5) is 0 Å². The van der Waals surface area contributed by atoms with E-state index in [1.54, 1.807) is 13.8 Å². The predicted molar refractivity (Wildman–Crippen MR) is 158 cm³/mol. The van der Waals surface area contributed by atoms with Crippen molar-refractivity contribution in [3.63, 3.8) is 0 Å². The van der Waals surface area contributed by atoms with Crippen LogP contribution in [0.25, 0.3) is 0 Å². The molecule has 0 saturated heterocycles. The van der Waals surface area contributed by atoms with Crippen LogP contribution >= 0.6 is 0 Å². The van der Waals surface area contributed by atoms with E-state index >= 15 is 0 Å². The Bertz CT molecular complexity index is 1050. The van der Waals surface area contributed by atoms with Crippen LogP contribution in [0.5, 0.6) is 11.5 Å². The molecule has 0 fully saturated rings. The number of carbonyl (C=O) groups is 2. The highest BCUT2D eigenvalue weighted by atomic mass is 16.6. The standard InChI is InChI=1S/C33H44O8/c1-9-36-29(21-40-31(34)23(3)4)19-38-27-15-11-25(12-16-27)33(7,8)26-13-17-28(18-14-26)39-20-30(37-10-2)22-41-32(35)24(5)6/h11-18,29-30H,3,5,9-10,19-22H2,1-2,4,6-8H3. The van der Waals surface area contributed by atoms with Gasteiger partial charge in [-0.3, -0.25) is 0 Å². The SMILES string of the molecule is C=C(C)C(=O)OCC(COc1ccc(C(C)(C)c2ccc(OCC(COC(=O)C(=C)C)OCC)cc2)cc1)OCC. The average Bonchev–Trinajstić information content (AvgIpc) is 2.95. The molecule has 0 radical (unpaired) electrons. The van der Waals surface area contributed by atoms with E-state index in [4.69, 9.17) is 28.4 Å². The largest absolute Gasteiger partial charge is 0.491 e. The molecule has 2 unspecified atom stereocenters. The summed E-state index contributed by atoms with van der Waals surface area (Å²) in [5.41, 5.74) is 2.65. The number of esters is 2. The molecule has 0 aliphatic heterocycles. The predicted octanol–water partition coefficient (Wildman–Crippen LogP) is 5.82. The Hall–Kier alpha value is -3.62. The van der Waals surface area contributed by atoms with Gasteiger partial charge < -0.3 is 28.4 Å². The molecule has 2 atom stereocenters. The third-order valence-electron chi connectivity index (χ3n) is 6.33. The highest BCUT2D eigenvalue weighted by Crippen LogP contribution is 2.33. The quantitative estimate of drug-likeness (QED) is 0.164. The van der Waals surface area contributed by atoms with Crippen molar-refractivity contribution in [2.45, 2.75) is 59.2 Å². The molecule has 8 heteroatoms. The van der Waals surface area contributed by atoms with Gasteiger partial charge in [0, 0.05) is 29.8 Å². The fourth-order valence-corrected chi connectivity index (χ4v) is 3.82. The first-order chi connectivity index (χ1) is 19.5. The molecule has 8 nitrogen and oxygen atoms in total. The third-order valence-corrected chi connectivity index (χ3v) is 6.33. The van der Waals surface area contributed by atoms with Gasteiger partial charge >= 0.3 is 11.9 Å². The molecule has 2 rings (SSSR count). The van der Waals surface area contributed by atoms with Gasteiger partial charge in [0.1, 0.15) is 50.1 Å². The van der Waals surface area contributed by atoms with Crippen molar-refractivity contribution in [2.24, 2.45) is 0 Å². The zero-order chi connectivity index (χ0) is 30.4. The third kappa shape index (κ3) is 11.1. The molecule has 2 aromatic rings. The van der Waals surface area contributed by atoms with Crippen molar-refractivity contribution < 1.29 is 38.0 Å². The van der Waals surface area contributed by atoms with Crippen LogP contribution in [0.2, 0.25) is 0 Å². The second-order valence-corrected chi connectivity index (χ2v) is 10.2. The summed E-state index contributed by atoms with van der Waals surface area (Å²) in [6.07, 6.45) is -0.759. The lowest BCUT2D eigenvalue weighted by molar-refractivity contribution is -0.144. The summed E-state index contributed by atoms with van der Waals surface area (Å²) >= 11 is 0. The first kappa shape index (κ1) is 33.6. The Morgan fingerprint density at radius 2 is 1.00 bits per heavy atom. The second-order valence-electron chi connectivity index (χ2n) is 10.2. The van der Waals surface area contributed by atoms with E-state index in [1.807, 2.05) is 62.4 Å². The van der Waals surface area contributed by atoms with Crippen LogP contribution in [0, 0.1) is 0 Å². The lowest BCUT2D eigenvalue weighted by Gasteiger charge is -2.27. The summed E-state index contributed by atoms with van der Waals surface area (Å²) in [4.78, 5) is 23.4. The van der Waals surface area contributed by atoms with Gasteiger partial charge in [0.15, 0.2) is 0 Å². The van der Waals surface area contributed by atoms with Crippen molar-refractivity contribution in [3.8, 4) is 11.5 Å². The minimum Gasteiger partial charge on any atom is -0.491 e. The Kier molecular flexibility index (Phi) is 13.6. The van der Waals surface area contributed by atoms with Crippen LogP contribution < -0.4 is 9.47 Å². The minimum atomic E-state index is -0.447. The summed E-state index contributed by atoms with van der Waals surface area (Å²) in [5.74, 6) is 0.499. The Morgan fingerprint density at radius 3 is 1.29 bits per heavy atom. The molecule has 0 aromatic heterocycles. The van der Waals surface area contributed by atoms with Gasteiger partial charge in [-0.2, -0.15) is 0 Å². The smallest absolute Gasteiger partial charge is 0.333 e. The van der Waals surface area contributed by atoms with Gasteiger partial charge in [-0.1, -0.05) is 51.3 Å². The number of ether oxygens (including phenoxy) is 6. The van der Waals surface area contributed by atoms with Crippen LogP contribution in [0.3, 0.4) is 0 Å². The molecule has 0 aliphatic rings. The molecular weight excluding hydrogens is 524 g/mol. The number of hydrogen-bond donors (Lipinski definition) is 0. The molecular formula is C33H44O8. The molecule has 0 saturated carbocycles. The summed E-state index contributed by atoms with van der Waals surface area (Å²) in [6.45, 7) is 20.1. The van der Waals surface area contributed by atoms with E-state index in [9.17, 15) is 9.59 Å². The van der Waals surface area contributed by atoms with E-state index in [1.165, 1.54) is 0 Å². The van der Waals surface area contributed by atoms with E-state index in [2.05, 4.69) is 27.0 Å². The molecule has 0 aliphatic carbocycles. The Balaban J connectivity index is 1.96. The average molecular weight is 569 g/mol. The van der Waals surface area contributed by atoms with Gasteiger partial charge in [-0.25, -0.2) is 9.59 Å². The van der Waals surface area contributed by atoms with Crippen molar-refractivity contribution in [1.29, 1.82) is 0 Å². The normalized spacial score (nSPS) is 12.6. The zero-order valence-electron chi connectivity index (χ0n) is 25.2. The van der Waals surface area contributed by atoms with Gasteiger partial charge in [-0.15, -0.1) is 0 Å². The maximum atomic E-state index is 11.7. The summed E-state index contributed by atoms with van der Waals surface area (Å²) in [5, 5.41) is 0. The number of rotatable bonds is 18. The van der Waals surface area contributed by atoms with E-state index in [-0.39, 0.29) is 44.1 Å². The second kappa shape index (κ2) is 16.6. The number of benzene rings is 2. The monoisotopic (exact) mass is 568 g/mol. The lowest BCUT2D eigenvalue weighted by Crippen LogP contribution is -2.29. The lowest BCUT2D eigenvalue weighted by atomic mass is 9.78. The maximum absolute atomic E-state index is 11.7. The topological polar surface area (TPSA) is 89.5 Å². The molecule has 0 spiro atoms. The molecule has 224 valence electrons. The highest BCUT2D eigenvalue weighted by molar-refractivity contribution is 5.87. The molecule has 0 amide bonds. The minimum absolute atomic E-state index is 0.0963. The van der Waals surface area contributed by atoms with E-state index in [0.29, 0.717) is 35.9 Å². The Labute approximate surface area is 244 Å². The molecule has 0 N–H and O–H groups in total. The van der Waals surface area contributed by atoms with Crippen LogP contribution in [-0.2, 0) is 34.0 Å². The summed E-state index contributed by atoms with van der Waals surface area (Å²) in [7, 11) is 0. The summed E-state index contributed by atoms with van der Waals surface area (Å²) in [6, 6.07) is 15.8. The van der Waals surface area contributed by atoms with E-state index < -0.39 is 11.9 Å². The van der Waals surface area contributed by atoms with Gasteiger partial charge in [0.2, 0.25) is 0 Å². The van der Waals surface area contributed by atoms with Gasteiger partial charge in [0.25, 0.3) is 0 Å². The van der Waals surface area contributed by atoms with Gasteiger partial charge in [0.05, 0.1) is 0 Å². The van der Waals surface area contributed by atoms with E-state index in [0.717, 1.165) is 11.1 Å². The molecule has 2 aromatic carbocycles. The fraction of sp³-hybridized carbons (Fsp3) is 0.455. The fourth-order valence-electron chi connectivity index (χ4n) is 3.82. The van der Waals surface area contributed by atoms with Crippen molar-refractivity contribution in [3.05, 3.63) is 84.0 Å². The molecule has 41 heavy (non-hydrogen) atoms. The van der Waals surface area contributed by atoms with Crippen molar-refractivity contribution in [2.75, 3.05) is 39.6 Å². The van der Waals surface area contributed by atoms with Crippen molar-refractivity contribution in [1.82, 2.24) is 0 Å². The van der Waals surface area contributed by atoms with Crippen LogP contribution in [-0.4, -0.2) is 63.8 Å². The van der Waals surface area contributed by atoms with Crippen LogP contribution in [0.1, 0.15) is 52.7 Å². The summed E-state index contributed by atoms with van der Waals surface area (Å²) < 4.78 is 33.5. The van der Waals surface area contributed by atoms with Gasteiger partial charge in [-0.05, 0) is 63.1 Å². The molecule has 0 heterocycles. The zero-order valence-corrected chi connectivity index (χ0v) is 25.2. The highest BCUT2D eigenvalue weighted by Gasteiger charge is 2.23. The number of hydrogen-bond acceptors (Lipinski definition) is 8. The first-order valence-corrected chi connectivity index (χ1v) is 13.8. The Morgan fingerprint density at radius 1 is 0.659 bits per heavy atom. The molecule has 0 bridgehead atoms. The maximum Gasteiger partial charge on any atom is 0.333 e. The van der Waals surface area contributed by atoms with Crippen molar-refractivity contribution >= 4 is 11.9 Å².